The second kappa shape index (κ2) is 12.8. The molecule has 192 valence electrons. The lowest BCUT2D eigenvalue weighted by atomic mass is 10.2. The van der Waals surface area contributed by atoms with Gasteiger partial charge in [-0.1, -0.05) is 46.5 Å². The second-order valence-corrected chi connectivity index (χ2v) is 8.61. The van der Waals surface area contributed by atoms with Crippen molar-refractivity contribution in [3.05, 3.63) is 26.7 Å². The third-order valence-corrected chi connectivity index (χ3v) is 5.75. The summed E-state index contributed by atoms with van der Waals surface area (Å²) in [4.78, 5) is 45.5. The van der Waals surface area contributed by atoms with Crippen molar-refractivity contribution in [2.75, 3.05) is 13.1 Å². The van der Waals surface area contributed by atoms with Crippen LogP contribution in [0, 0.1) is 0 Å². The number of carbonyl (C=O) groups is 1. The van der Waals surface area contributed by atoms with Gasteiger partial charge in [0.1, 0.15) is 12.4 Å². The van der Waals surface area contributed by atoms with E-state index in [0.717, 1.165) is 37.0 Å². The summed E-state index contributed by atoms with van der Waals surface area (Å²) in [6.45, 7) is 5.51. The number of rotatable bonds is 14. The number of imidazole rings is 1. The lowest BCUT2D eigenvalue weighted by Gasteiger charge is -2.24. The summed E-state index contributed by atoms with van der Waals surface area (Å²) >= 11 is 0. The van der Waals surface area contributed by atoms with Crippen LogP contribution in [0.5, 0.6) is 0 Å². The molecule has 0 fully saturated rings. The van der Waals surface area contributed by atoms with Crippen molar-refractivity contribution in [2.24, 2.45) is 0 Å². The number of alkyl halides is 3. The predicted molar refractivity (Wildman–Crippen MR) is 125 cm³/mol. The first kappa shape index (κ1) is 27.7. The van der Waals surface area contributed by atoms with E-state index in [0.29, 0.717) is 31.8 Å². The Balaban J connectivity index is 2.40. The van der Waals surface area contributed by atoms with Gasteiger partial charge in [-0.2, -0.15) is 13.2 Å². The van der Waals surface area contributed by atoms with Crippen molar-refractivity contribution >= 4 is 17.1 Å². The van der Waals surface area contributed by atoms with Crippen LogP contribution in [-0.4, -0.2) is 49.2 Å². The number of aromatic nitrogens is 4. The molecule has 0 atom stereocenters. The number of unbranched alkanes of at least 4 members (excludes halogenated alkanes) is 4. The van der Waals surface area contributed by atoms with Gasteiger partial charge in [-0.05, 0) is 19.3 Å². The second-order valence-electron chi connectivity index (χ2n) is 8.61. The topological polar surface area (TPSA) is 93.0 Å². The van der Waals surface area contributed by atoms with Crippen LogP contribution in [0.3, 0.4) is 0 Å². The highest BCUT2D eigenvalue weighted by atomic mass is 19.4. The number of hydrogen-bond acceptors (Lipinski definition) is 4. The number of carbonyl (C=O) groups excluding carboxylic acids is 1. The third-order valence-electron chi connectivity index (χ3n) is 5.75. The molecule has 0 aliphatic heterocycles. The highest BCUT2D eigenvalue weighted by molar-refractivity contribution is 5.77. The maximum atomic E-state index is 13.0. The van der Waals surface area contributed by atoms with E-state index in [1.807, 2.05) is 20.8 Å². The molecular formula is C23H36F3N5O3. The van der Waals surface area contributed by atoms with E-state index in [2.05, 4.69) is 9.97 Å². The zero-order chi connectivity index (χ0) is 25.3. The van der Waals surface area contributed by atoms with Gasteiger partial charge in [0.25, 0.3) is 5.56 Å². The first-order chi connectivity index (χ1) is 16.1. The van der Waals surface area contributed by atoms with Crippen molar-refractivity contribution in [1.82, 2.24) is 24.0 Å². The number of hydrogen-bond donors (Lipinski definition) is 1. The quantitative estimate of drug-likeness (QED) is 0.408. The Morgan fingerprint density at radius 3 is 2.24 bits per heavy atom. The monoisotopic (exact) mass is 487 g/mol. The summed E-state index contributed by atoms with van der Waals surface area (Å²) in [7, 11) is 0. The Morgan fingerprint density at radius 1 is 0.971 bits per heavy atom. The first-order valence-corrected chi connectivity index (χ1v) is 12.2. The van der Waals surface area contributed by atoms with Crippen molar-refractivity contribution in [2.45, 2.75) is 97.8 Å². The molecule has 0 radical (unpaired) electrons. The zero-order valence-electron chi connectivity index (χ0n) is 20.3. The van der Waals surface area contributed by atoms with Crippen LogP contribution in [-0.2, 0) is 24.3 Å². The third kappa shape index (κ3) is 7.46. The largest absolute Gasteiger partial charge is 0.406 e. The fourth-order valence-electron chi connectivity index (χ4n) is 3.93. The number of fused-ring (bicyclic) bond motifs is 1. The summed E-state index contributed by atoms with van der Waals surface area (Å²) in [5, 5.41) is 0. The maximum absolute atomic E-state index is 13.0. The molecular weight excluding hydrogens is 451 g/mol. The van der Waals surface area contributed by atoms with Crippen LogP contribution in [0.15, 0.2) is 9.59 Å². The standard InChI is InChI=1S/C23H36F3N5O3/c1-4-7-10-15-30-17(11-12-18(32)29(13-8-5-2)16-23(24,25)26)27-20-19(30)21(33)28-22(34)31(20)14-9-6-3/h4-16H2,1-3H3,(H,28,33,34). The average Bonchev–Trinajstić information content (AvgIpc) is 3.13. The van der Waals surface area contributed by atoms with E-state index < -0.39 is 29.9 Å². The molecule has 2 aromatic heterocycles. The van der Waals surface area contributed by atoms with Crippen molar-refractivity contribution < 1.29 is 18.0 Å². The minimum atomic E-state index is -4.47. The first-order valence-electron chi connectivity index (χ1n) is 12.2. The molecule has 2 heterocycles. The van der Waals surface area contributed by atoms with Gasteiger partial charge in [0.15, 0.2) is 11.2 Å². The number of aromatic amines is 1. The van der Waals surface area contributed by atoms with Gasteiger partial charge < -0.3 is 9.47 Å². The molecule has 0 saturated heterocycles. The summed E-state index contributed by atoms with van der Waals surface area (Å²) in [5.74, 6) is -0.168. The number of amides is 1. The molecule has 2 aromatic rings. The lowest BCUT2D eigenvalue weighted by Crippen LogP contribution is -2.39. The molecule has 1 amide bonds. The fourth-order valence-corrected chi connectivity index (χ4v) is 3.93. The molecule has 0 unspecified atom stereocenters. The Kier molecular flexibility index (Phi) is 10.4. The predicted octanol–water partition coefficient (Wildman–Crippen LogP) is 4.00. The van der Waals surface area contributed by atoms with Crippen LogP contribution in [0.25, 0.3) is 11.2 Å². The Morgan fingerprint density at radius 2 is 1.62 bits per heavy atom. The minimum Gasteiger partial charge on any atom is -0.334 e. The number of nitrogens with one attached hydrogen (secondary N) is 1. The molecule has 0 aliphatic rings. The number of halogens is 3. The highest BCUT2D eigenvalue weighted by Gasteiger charge is 2.32. The maximum Gasteiger partial charge on any atom is 0.406 e. The molecule has 34 heavy (non-hydrogen) atoms. The van der Waals surface area contributed by atoms with Gasteiger partial charge in [0, 0.05) is 32.5 Å². The molecule has 8 nitrogen and oxygen atoms in total. The van der Waals surface area contributed by atoms with E-state index in [9.17, 15) is 27.6 Å². The summed E-state index contributed by atoms with van der Waals surface area (Å²) in [6, 6.07) is 0. The van der Waals surface area contributed by atoms with Crippen LogP contribution in [0.4, 0.5) is 13.2 Å². The van der Waals surface area contributed by atoms with E-state index >= 15 is 0 Å². The van der Waals surface area contributed by atoms with Gasteiger partial charge >= 0.3 is 11.9 Å². The molecule has 1 N–H and O–H groups in total. The van der Waals surface area contributed by atoms with Crippen molar-refractivity contribution in [1.29, 1.82) is 0 Å². The van der Waals surface area contributed by atoms with Gasteiger partial charge in [0.05, 0.1) is 0 Å². The lowest BCUT2D eigenvalue weighted by molar-refractivity contribution is -0.161. The minimum absolute atomic E-state index is 0.0397. The fraction of sp³-hybridized carbons (Fsp3) is 0.739. The SMILES string of the molecule is CCCCCn1c(CCC(=O)N(CCCC)CC(F)(F)F)nc2c1c(=O)[nH]c(=O)n2CCCC. The van der Waals surface area contributed by atoms with Crippen molar-refractivity contribution in [3.8, 4) is 0 Å². The Labute approximate surface area is 197 Å². The van der Waals surface area contributed by atoms with E-state index in [1.54, 1.807) is 4.57 Å². The van der Waals surface area contributed by atoms with Gasteiger partial charge in [-0.25, -0.2) is 9.78 Å². The number of aryl methyl sites for hydroxylation is 3. The number of H-pyrrole nitrogens is 1. The molecule has 0 spiro atoms. The van der Waals surface area contributed by atoms with Gasteiger partial charge in [0.2, 0.25) is 5.91 Å². The summed E-state index contributed by atoms with van der Waals surface area (Å²) in [5.41, 5.74) is -0.551. The normalized spacial score (nSPS) is 11.9. The zero-order valence-corrected chi connectivity index (χ0v) is 20.3. The summed E-state index contributed by atoms with van der Waals surface area (Å²) < 4.78 is 42.1. The Bertz CT molecular complexity index is 1060. The Hall–Kier alpha value is -2.59. The molecule has 0 saturated carbocycles. The number of nitrogens with zero attached hydrogens (tertiary/aromatic N) is 4. The van der Waals surface area contributed by atoms with Gasteiger partial charge in [-0.15, -0.1) is 0 Å². The van der Waals surface area contributed by atoms with Gasteiger partial charge in [-0.3, -0.25) is 19.1 Å². The van der Waals surface area contributed by atoms with Crippen LogP contribution >= 0.6 is 0 Å². The average molecular weight is 488 g/mol. The van der Waals surface area contributed by atoms with E-state index in [1.165, 1.54) is 4.57 Å². The molecule has 0 aliphatic carbocycles. The highest BCUT2D eigenvalue weighted by Crippen LogP contribution is 2.19. The molecule has 11 heteroatoms. The van der Waals surface area contributed by atoms with E-state index in [4.69, 9.17) is 0 Å². The van der Waals surface area contributed by atoms with Crippen molar-refractivity contribution in [3.63, 3.8) is 0 Å². The van der Waals surface area contributed by atoms with E-state index in [-0.39, 0.29) is 30.6 Å². The molecule has 2 rings (SSSR count). The van der Waals surface area contributed by atoms with Crippen LogP contribution < -0.4 is 11.2 Å². The smallest absolute Gasteiger partial charge is 0.334 e. The van der Waals surface area contributed by atoms with Crippen LogP contribution in [0.2, 0.25) is 0 Å². The molecule has 0 bridgehead atoms. The van der Waals surface area contributed by atoms with Crippen LogP contribution in [0.1, 0.15) is 78.0 Å². The summed E-state index contributed by atoms with van der Waals surface area (Å²) in [6.07, 6.45) is 0.828. The molecule has 0 aromatic carbocycles.